The first-order chi connectivity index (χ1) is 5.70. The molecule has 0 amide bonds. The highest BCUT2D eigenvalue weighted by molar-refractivity contribution is 9.10. The van der Waals surface area contributed by atoms with Crippen LogP contribution in [0.25, 0.3) is 5.65 Å². The largest absolute Gasteiger partial charge is 0.305 e. The van der Waals surface area contributed by atoms with Crippen LogP contribution in [0.4, 0.5) is 0 Å². The molecule has 0 aliphatic carbocycles. The molecule has 0 bridgehead atoms. The minimum atomic E-state index is 0.743. The molecule has 0 aromatic carbocycles. The molecule has 2 heterocycles. The Morgan fingerprint density at radius 1 is 1.58 bits per heavy atom. The van der Waals surface area contributed by atoms with Crippen LogP contribution in [0.15, 0.2) is 23.1 Å². The zero-order chi connectivity index (χ0) is 8.72. The Kier molecular flexibility index (Phi) is 1.85. The SMILES string of the molecule is Cc1c(Cl)cn2ccnc2c1Br. The average molecular weight is 246 g/mol. The second-order valence-corrected chi connectivity index (χ2v) is 3.77. The lowest BCUT2D eigenvalue weighted by atomic mass is 10.3. The second kappa shape index (κ2) is 2.75. The first kappa shape index (κ1) is 8.08. The summed E-state index contributed by atoms with van der Waals surface area (Å²) in [5, 5.41) is 0.743. The third-order valence-corrected chi connectivity index (χ3v) is 3.14. The summed E-state index contributed by atoms with van der Waals surface area (Å²) < 4.78 is 2.85. The van der Waals surface area contributed by atoms with Gasteiger partial charge in [-0.2, -0.15) is 0 Å². The maximum absolute atomic E-state index is 5.97. The number of aromatic nitrogens is 2. The van der Waals surface area contributed by atoms with Crippen molar-refractivity contribution in [3.63, 3.8) is 0 Å². The van der Waals surface area contributed by atoms with Gasteiger partial charge < -0.3 is 4.40 Å². The van der Waals surface area contributed by atoms with Gasteiger partial charge in [0.15, 0.2) is 5.65 Å². The Morgan fingerprint density at radius 3 is 3.08 bits per heavy atom. The summed E-state index contributed by atoms with van der Waals surface area (Å²) in [7, 11) is 0. The first-order valence-electron chi connectivity index (χ1n) is 3.47. The quantitative estimate of drug-likeness (QED) is 0.697. The van der Waals surface area contributed by atoms with Crippen molar-refractivity contribution in [1.82, 2.24) is 9.38 Å². The van der Waals surface area contributed by atoms with Gasteiger partial charge in [-0.3, -0.25) is 0 Å². The Labute approximate surface area is 83.3 Å². The van der Waals surface area contributed by atoms with Crippen LogP contribution in [0.2, 0.25) is 5.02 Å². The van der Waals surface area contributed by atoms with Crippen molar-refractivity contribution in [3.05, 3.63) is 33.6 Å². The van der Waals surface area contributed by atoms with Gasteiger partial charge in [-0.15, -0.1) is 0 Å². The van der Waals surface area contributed by atoms with Gasteiger partial charge in [0.1, 0.15) is 0 Å². The number of halogens is 2. The van der Waals surface area contributed by atoms with E-state index in [1.54, 1.807) is 6.20 Å². The Morgan fingerprint density at radius 2 is 2.33 bits per heavy atom. The molecule has 62 valence electrons. The van der Waals surface area contributed by atoms with Crippen molar-refractivity contribution >= 4 is 33.2 Å². The van der Waals surface area contributed by atoms with Gasteiger partial charge in [-0.1, -0.05) is 11.6 Å². The van der Waals surface area contributed by atoms with Crippen molar-refractivity contribution in [2.45, 2.75) is 6.92 Å². The minimum Gasteiger partial charge on any atom is -0.305 e. The molecule has 0 saturated heterocycles. The van der Waals surface area contributed by atoms with Gasteiger partial charge in [-0.25, -0.2) is 4.98 Å². The van der Waals surface area contributed by atoms with E-state index in [9.17, 15) is 0 Å². The fraction of sp³-hybridized carbons (Fsp3) is 0.125. The van der Waals surface area contributed by atoms with E-state index in [1.165, 1.54) is 0 Å². The minimum absolute atomic E-state index is 0.743. The van der Waals surface area contributed by atoms with E-state index in [0.29, 0.717) is 0 Å². The number of pyridine rings is 1. The highest BCUT2D eigenvalue weighted by Crippen LogP contribution is 2.26. The summed E-state index contributed by atoms with van der Waals surface area (Å²) in [6, 6.07) is 0. The van der Waals surface area contributed by atoms with Crippen molar-refractivity contribution < 1.29 is 0 Å². The molecule has 0 aliphatic heterocycles. The summed E-state index contributed by atoms with van der Waals surface area (Å²) >= 11 is 9.41. The molecule has 2 nitrogen and oxygen atoms in total. The van der Waals surface area contributed by atoms with Gasteiger partial charge >= 0.3 is 0 Å². The molecule has 0 atom stereocenters. The van der Waals surface area contributed by atoms with Crippen LogP contribution in [-0.4, -0.2) is 9.38 Å². The summed E-state index contributed by atoms with van der Waals surface area (Å²) in [5.74, 6) is 0. The van der Waals surface area contributed by atoms with E-state index in [1.807, 2.05) is 23.7 Å². The molecule has 0 fully saturated rings. The second-order valence-electron chi connectivity index (χ2n) is 2.57. The molecule has 0 N–H and O–H groups in total. The highest BCUT2D eigenvalue weighted by Gasteiger charge is 2.06. The van der Waals surface area contributed by atoms with Crippen LogP contribution in [-0.2, 0) is 0 Å². The highest BCUT2D eigenvalue weighted by atomic mass is 79.9. The lowest BCUT2D eigenvalue weighted by Crippen LogP contribution is -1.88. The van der Waals surface area contributed by atoms with Crippen LogP contribution in [0.3, 0.4) is 0 Å². The van der Waals surface area contributed by atoms with Gasteiger partial charge in [0.2, 0.25) is 0 Å². The topological polar surface area (TPSA) is 17.3 Å². The summed E-state index contributed by atoms with van der Waals surface area (Å²) in [6.45, 7) is 1.96. The zero-order valence-corrected chi connectivity index (χ0v) is 8.72. The standard InChI is InChI=1S/C8H6BrClN2/c1-5-6(10)4-12-3-2-11-8(12)7(5)9/h2-4H,1H3. The molecular formula is C8H6BrClN2. The molecule has 2 aromatic heterocycles. The van der Waals surface area contributed by atoms with E-state index in [-0.39, 0.29) is 0 Å². The molecule has 0 unspecified atom stereocenters. The van der Waals surface area contributed by atoms with Crippen molar-refractivity contribution in [1.29, 1.82) is 0 Å². The fourth-order valence-corrected chi connectivity index (χ4v) is 1.91. The molecule has 0 radical (unpaired) electrons. The maximum Gasteiger partial charge on any atom is 0.151 e. The molecule has 4 heteroatoms. The van der Waals surface area contributed by atoms with E-state index in [4.69, 9.17) is 11.6 Å². The third kappa shape index (κ3) is 1.04. The van der Waals surface area contributed by atoms with Gasteiger partial charge in [0, 0.05) is 18.6 Å². The van der Waals surface area contributed by atoms with Gasteiger partial charge in [-0.05, 0) is 28.4 Å². The van der Waals surface area contributed by atoms with Crippen LogP contribution >= 0.6 is 27.5 Å². The Hall–Kier alpha value is -0.540. The first-order valence-corrected chi connectivity index (χ1v) is 4.64. The smallest absolute Gasteiger partial charge is 0.151 e. The van der Waals surface area contributed by atoms with E-state index in [2.05, 4.69) is 20.9 Å². The predicted octanol–water partition coefficient (Wildman–Crippen LogP) is 3.06. The van der Waals surface area contributed by atoms with Crippen molar-refractivity contribution in [3.8, 4) is 0 Å². The van der Waals surface area contributed by atoms with Crippen molar-refractivity contribution in [2.24, 2.45) is 0 Å². The lowest BCUT2D eigenvalue weighted by molar-refractivity contribution is 1.16. The molecule has 0 saturated carbocycles. The summed E-state index contributed by atoms with van der Waals surface area (Å²) in [4.78, 5) is 4.18. The number of nitrogens with zero attached hydrogens (tertiary/aromatic N) is 2. The predicted molar refractivity (Wildman–Crippen MR) is 52.6 cm³/mol. The van der Waals surface area contributed by atoms with Crippen LogP contribution in [0.5, 0.6) is 0 Å². The van der Waals surface area contributed by atoms with Crippen LogP contribution in [0, 0.1) is 6.92 Å². The van der Waals surface area contributed by atoms with E-state index in [0.717, 1.165) is 20.7 Å². The number of imidazole rings is 1. The van der Waals surface area contributed by atoms with Gasteiger partial charge in [0.25, 0.3) is 0 Å². The third-order valence-electron chi connectivity index (χ3n) is 1.80. The Balaban J connectivity index is 2.94. The number of hydrogen-bond acceptors (Lipinski definition) is 1. The molecular weight excluding hydrogens is 239 g/mol. The zero-order valence-electron chi connectivity index (χ0n) is 6.38. The molecule has 2 rings (SSSR count). The van der Waals surface area contributed by atoms with E-state index >= 15 is 0 Å². The number of hydrogen-bond donors (Lipinski definition) is 0. The fourth-order valence-electron chi connectivity index (χ4n) is 1.08. The summed E-state index contributed by atoms with van der Waals surface area (Å²) in [5.41, 5.74) is 1.92. The van der Waals surface area contributed by atoms with E-state index < -0.39 is 0 Å². The van der Waals surface area contributed by atoms with Crippen molar-refractivity contribution in [2.75, 3.05) is 0 Å². The lowest BCUT2D eigenvalue weighted by Gasteiger charge is -2.02. The molecule has 12 heavy (non-hydrogen) atoms. The van der Waals surface area contributed by atoms with Crippen LogP contribution in [0.1, 0.15) is 5.56 Å². The Bertz CT molecular complexity index is 436. The summed E-state index contributed by atoms with van der Waals surface area (Å²) in [6.07, 6.45) is 5.46. The number of rotatable bonds is 0. The van der Waals surface area contributed by atoms with Crippen LogP contribution < -0.4 is 0 Å². The normalized spacial score (nSPS) is 10.9. The molecule has 0 aliphatic rings. The molecule has 0 spiro atoms. The average Bonchev–Trinajstić information content (AvgIpc) is 2.48. The van der Waals surface area contributed by atoms with Gasteiger partial charge in [0.05, 0.1) is 9.50 Å². The molecule has 2 aromatic rings. The maximum atomic E-state index is 5.97. The number of fused-ring (bicyclic) bond motifs is 1. The monoisotopic (exact) mass is 244 g/mol.